The number of benzene rings is 1. The molecule has 3 fully saturated rings. The van der Waals surface area contributed by atoms with Crippen molar-refractivity contribution in [3.63, 3.8) is 0 Å². The number of piperazine rings is 1. The van der Waals surface area contributed by atoms with E-state index in [9.17, 15) is 14.7 Å². The predicted octanol–water partition coefficient (Wildman–Crippen LogP) is 2.13. The molecule has 2 N–H and O–H groups in total. The quantitative estimate of drug-likeness (QED) is 0.722. The summed E-state index contributed by atoms with van der Waals surface area (Å²) in [6.45, 7) is 5.45. The van der Waals surface area contributed by atoms with E-state index in [0.29, 0.717) is 18.8 Å². The summed E-state index contributed by atoms with van der Waals surface area (Å²) in [5.41, 5.74) is 0.683. The molecule has 1 saturated carbocycles. The Balaban J connectivity index is 1.19. The maximum atomic E-state index is 12.8. The lowest BCUT2D eigenvalue weighted by Gasteiger charge is -2.41. The Morgan fingerprint density at radius 1 is 0.933 bits per heavy atom. The highest BCUT2D eigenvalue weighted by Gasteiger charge is 2.32. The monoisotopic (exact) mass is 414 g/mol. The van der Waals surface area contributed by atoms with Crippen molar-refractivity contribution in [1.82, 2.24) is 14.7 Å². The van der Waals surface area contributed by atoms with Gasteiger partial charge in [0.25, 0.3) is 0 Å². The first-order valence-corrected chi connectivity index (χ1v) is 11.4. The van der Waals surface area contributed by atoms with Crippen LogP contribution in [0, 0.1) is 5.92 Å². The van der Waals surface area contributed by atoms with Crippen molar-refractivity contribution in [2.24, 2.45) is 5.92 Å². The van der Waals surface area contributed by atoms with Gasteiger partial charge in [-0.05, 0) is 50.1 Å². The maximum Gasteiger partial charge on any atom is 0.236 e. The molecule has 164 valence electrons. The van der Waals surface area contributed by atoms with Gasteiger partial charge in [-0.3, -0.25) is 19.4 Å². The second-order valence-electron chi connectivity index (χ2n) is 8.97. The van der Waals surface area contributed by atoms with Gasteiger partial charge in [-0.2, -0.15) is 0 Å². The van der Waals surface area contributed by atoms with Crippen LogP contribution < -0.4 is 5.32 Å². The third kappa shape index (κ3) is 5.32. The summed E-state index contributed by atoms with van der Waals surface area (Å²) >= 11 is 0. The molecule has 2 heterocycles. The van der Waals surface area contributed by atoms with Gasteiger partial charge < -0.3 is 15.3 Å². The van der Waals surface area contributed by atoms with E-state index in [4.69, 9.17) is 0 Å². The number of phenolic OH excluding ortho intramolecular Hbond substituents is 1. The second-order valence-corrected chi connectivity index (χ2v) is 8.97. The largest absolute Gasteiger partial charge is 0.508 e. The van der Waals surface area contributed by atoms with Crippen molar-refractivity contribution < 1.29 is 14.7 Å². The van der Waals surface area contributed by atoms with Crippen molar-refractivity contribution in [3.8, 4) is 5.75 Å². The second kappa shape index (κ2) is 9.79. The molecule has 2 saturated heterocycles. The predicted molar refractivity (Wildman–Crippen MR) is 116 cm³/mol. The van der Waals surface area contributed by atoms with E-state index >= 15 is 0 Å². The van der Waals surface area contributed by atoms with Gasteiger partial charge in [-0.15, -0.1) is 0 Å². The van der Waals surface area contributed by atoms with Gasteiger partial charge in [-0.1, -0.05) is 19.3 Å². The number of aromatic hydroxyl groups is 1. The third-order valence-electron chi connectivity index (χ3n) is 6.89. The highest BCUT2D eigenvalue weighted by molar-refractivity contribution is 5.93. The SMILES string of the molecule is O=C(Nc1ccc(O)cc1)C1CCN(CC(=O)N2CCN(C3CCCCC3)CC2)C1. The Morgan fingerprint density at radius 3 is 2.33 bits per heavy atom. The molecule has 1 unspecified atom stereocenters. The normalized spacial score (nSPS) is 24.1. The first kappa shape index (κ1) is 21.1. The summed E-state index contributed by atoms with van der Waals surface area (Å²) in [5.74, 6) is 0.252. The zero-order valence-corrected chi connectivity index (χ0v) is 17.8. The average molecular weight is 415 g/mol. The van der Waals surface area contributed by atoms with Gasteiger partial charge >= 0.3 is 0 Å². The molecule has 1 atom stereocenters. The molecule has 7 nitrogen and oxygen atoms in total. The summed E-state index contributed by atoms with van der Waals surface area (Å²) in [5, 5.41) is 12.3. The van der Waals surface area contributed by atoms with E-state index in [0.717, 1.165) is 45.2 Å². The minimum Gasteiger partial charge on any atom is -0.508 e. The number of amides is 2. The molecule has 3 aliphatic rings. The van der Waals surface area contributed by atoms with Crippen LogP contribution in [0.3, 0.4) is 0 Å². The number of nitrogens with zero attached hydrogens (tertiary/aromatic N) is 3. The zero-order valence-electron chi connectivity index (χ0n) is 17.8. The summed E-state index contributed by atoms with van der Waals surface area (Å²) in [4.78, 5) is 32.0. The Kier molecular flexibility index (Phi) is 6.89. The molecular formula is C23H34N4O3. The lowest BCUT2D eigenvalue weighted by Crippen LogP contribution is -2.53. The highest BCUT2D eigenvalue weighted by atomic mass is 16.3. The van der Waals surface area contributed by atoms with Crippen LogP contribution in [0.2, 0.25) is 0 Å². The van der Waals surface area contributed by atoms with Crippen LogP contribution in [0.1, 0.15) is 38.5 Å². The molecule has 0 spiro atoms. The van der Waals surface area contributed by atoms with E-state index in [1.165, 1.54) is 32.1 Å². The average Bonchev–Trinajstić information content (AvgIpc) is 3.25. The Labute approximate surface area is 179 Å². The van der Waals surface area contributed by atoms with Crippen LogP contribution in [0.4, 0.5) is 5.69 Å². The number of carbonyl (C=O) groups is 2. The maximum absolute atomic E-state index is 12.8. The Morgan fingerprint density at radius 2 is 1.63 bits per heavy atom. The Bertz CT molecular complexity index is 724. The minimum absolute atomic E-state index is 0.0169. The van der Waals surface area contributed by atoms with Crippen LogP contribution >= 0.6 is 0 Å². The van der Waals surface area contributed by atoms with Gasteiger partial charge in [0.15, 0.2) is 0 Å². The number of carbonyl (C=O) groups excluding carboxylic acids is 2. The molecule has 1 aromatic carbocycles. The van der Waals surface area contributed by atoms with Gasteiger partial charge in [0, 0.05) is 44.5 Å². The zero-order chi connectivity index (χ0) is 20.9. The third-order valence-corrected chi connectivity index (χ3v) is 6.89. The number of likely N-dealkylation sites (tertiary alicyclic amines) is 1. The van der Waals surface area contributed by atoms with Crippen LogP contribution in [-0.4, -0.2) is 83.5 Å². The molecule has 30 heavy (non-hydrogen) atoms. The number of hydrogen-bond acceptors (Lipinski definition) is 5. The van der Waals surface area contributed by atoms with Crippen molar-refractivity contribution in [3.05, 3.63) is 24.3 Å². The molecular weight excluding hydrogens is 380 g/mol. The summed E-state index contributed by atoms with van der Waals surface area (Å²) in [6, 6.07) is 7.22. The van der Waals surface area contributed by atoms with Crippen LogP contribution in [0.15, 0.2) is 24.3 Å². The fourth-order valence-electron chi connectivity index (χ4n) is 5.05. The molecule has 2 aliphatic heterocycles. The number of phenols is 1. The van der Waals surface area contributed by atoms with Crippen LogP contribution in [0.5, 0.6) is 5.75 Å². The topological polar surface area (TPSA) is 76.1 Å². The van der Waals surface area contributed by atoms with Crippen molar-refractivity contribution in [2.45, 2.75) is 44.6 Å². The van der Waals surface area contributed by atoms with E-state index in [-0.39, 0.29) is 23.5 Å². The lowest BCUT2D eigenvalue weighted by atomic mass is 9.94. The standard InChI is InChI=1S/C23H34N4O3/c28-21-8-6-19(7-9-21)24-23(30)18-10-11-25(16-18)17-22(29)27-14-12-26(13-15-27)20-4-2-1-3-5-20/h6-9,18,20,28H,1-5,10-17H2,(H,24,30). The van der Waals surface area contributed by atoms with E-state index in [1.807, 2.05) is 4.90 Å². The smallest absolute Gasteiger partial charge is 0.236 e. The fourth-order valence-corrected chi connectivity index (χ4v) is 5.05. The molecule has 0 radical (unpaired) electrons. The molecule has 2 amide bonds. The fraction of sp³-hybridized carbons (Fsp3) is 0.652. The van der Waals surface area contributed by atoms with Crippen molar-refractivity contribution in [2.75, 3.05) is 51.1 Å². The molecule has 1 aromatic rings. The van der Waals surface area contributed by atoms with Crippen molar-refractivity contribution in [1.29, 1.82) is 0 Å². The molecule has 1 aliphatic carbocycles. The lowest BCUT2D eigenvalue weighted by molar-refractivity contribution is -0.134. The Hall–Kier alpha value is -2.12. The first-order valence-electron chi connectivity index (χ1n) is 11.4. The van der Waals surface area contributed by atoms with Crippen molar-refractivity contribution >= 4 is 17.5 Å². The summed E-state index contributed by atoms with van der Waals surface area (Å²) < 4.78 is 0. The minimum atomic E-state index is -0.102. The van der Waals surface area contributed by atoms with E-state index in [2.05, 4.69) is 15.1 Å². The molecule has 4 rings (SSSR count). The van der Waals surface area contributed by atoms with Gasteiger partial charge in [0.1, 0.15) is 5.75 Å². The summed E-state index contributed by atoms with van der Waals surface area (Å²) in [6.07, 6.45) is 7.47. The van der Waals surface area contributed by atoms with E-state index in [1.54, 1.807) is 24.3 Å². The van der Waals surface area contributed by atoms with Crippen LogP contribution in [0.25, 0.3) is 0 Å². The molecule has 0 bridgehead atoms. The number of anilines is 1. The van der Waals surface area contributed by atoms with Crippen LogP contribution in [-0.2, 0) is 9.59 Å². The summed E-state index contributed by atoms with van der Waals surface area (Å²) in [7, 11) is 0. The first-order chi connectivity index (χ1) is 14.6. The van der Waals surface area contributed by atoms with Gasteiger partial charge in [0.2, 0.25) is 11.8 Å². The highest BCUT2D eigenvalue weighted by Crippen LogP contribution is 2.24. The van der Waals surface area contributed by atoms with Gasteiger partial charge in [-0.25, -0.2) is 0 Å². The van der Waals surface area contributed by atoms with E-state index < -0.39 is 0 Å². The molecule has 7 heteroatoms. The number of rotatable bonds is 5. The van der Waals surface area contributed by atoms with Gasteiger partial charge in [0.05, 0.1) is 12.5 Å². The number of hydrogen-bond donors (Lipinski definition) is 2. The molecule has 0 aromatic heterocycles. The number of nitrogens with one attached hydrogen (secondary N) is 1.